The number of halogens is 7. The standard InChI is InChI=1S/C38H35ClF6N6O4/c1-3-20-23(40)7-6-17-9-19(52)10-22(28(17)20)29-31(39)34-30-33(32(29)43)48-37(54-13-18-12-38(44,45)16-50(18)2)49-36(30)51(25-14-53-15-26(25)55-34)24(11-27(41)42)21-5-4-8-47-35(21)46/h4-10,18,24-27,52H,3,11-16H2,1-2H3,(H2,46,47)/t18-,24+,25?,26?/m0/s1. The van der Waals surface area contributed by atoms with Gasteiger partial charge < -0.3 is 30.0 Å². The zero-order chi connectivity index (χ0) is 38.9. The van der Waals surface area contributed by atoms with Crippen molar-refractivity contribution < 1.29 is 45.7 Å². The molecule has 5 heterocycles. The van der Waals surface area contributed by atoms with Crippen LogP contribution in [0.5, 0.6) is 17.5 Å². The van der Waals surface area contributed by atoms with E-state index in [0.29, 0.717) is 5.39 Å². The molecule has 0 saturated carbocycles. The summed E-state index contributed by atoms with van der Waals surface area (Å²) in [6.45, 7) is 0.849. The number of nitrogen functional groups attached to an aromatic ring is 1. The van der Waals surface area contributed by atoms with Gasteiger partial charge in [-0.1, -0.05) is 30.7 Å². The Morgan fingerprint density at radius 3 is 2.64 bits per heavy atom. The molecule has 8 rings (SSSR count). The molecule has 3 aliphatic heterocycles. The molecule has 3 aromatic carbocycles. The summed E-state index contributed by atoms with van der Waals surface area (Å²) in [4.78, 5) is 16.2. The van der Waals surface area contributed by atoms with Crippen LogP contribution in [0.1, 0.15) is 36.9 Å². The number of anilines is 2. The van der Waals surface area contributed by atoms with Gasteiger partial charge in [-0.2, -0.15) is 9.97 Å². The zero-order valence-corrected chi connectivity index (χ0v) is 30.3. The molecule has 2 aromatic heterocycles. The fourth-order valence-electron chi connectivity index (χ4n) is 8.15. The minimum absolute atomic E-state index is 0.0249. The molecule has 0 amide bonds. The second kappa shape index (κ2) is 14.0. The third-order valence-corrected chi connectivity index (χ3v) is 11.0. The van der Waals surface area contributed by atoms with E-state index < -0.39 is 79.1 Å². The number of likely N-dealkylation sites (tertiary alicyclic amines) is 1. The summed E-state index contributed by atoms with van der Waals surface area (Å²) in [6.07, 6.45) is -3.41. The van der Waals surface area contributed by atoms with E-state index in [0.717, 1.165) is 0 Å². The van der Waals surface area contributed by atoms with Crippen LogP contribution in [-0.2, 0) is 11.2 Å². The molecule has 10 nitrogen and oxygen atoms in total. The molecular formula is C38H35ClF6N6O4. The Morgan fingerprint density at radius 1 is 1.13 bits per heavy atom. The van der Waals surface area contributed by atoms with Crippen LogP contribution in [0, 0.1) is 11.6 Å². The van der Waals surface area contributed by atoms with Crippen LogP contribution in [0.3, 0.4) is 0 Å². The molecule has 0 spiro atoms. The van der Waals surface area contributed by atoms with Crippen LogP contribution in [0.2, 0.25) is 5.02 Å². The first-order valence-corrected chi connectivity index (χ1v) is 18.0. The minimum Gasteiger partial charge on any atom is -0.508 e. The van der Waals surface area contributed by atoms with Crippen molar-refractivity contribution in [3.05, 3.63) is 70.4 Å². The summed E-state index contributed by atoms with van der Waals surface area (Å²) in [6, 6.07) is 5.21. The lowest BCUT2D eigenvalue weighted by Crippen LogP contribution is -2.47. The number of nitrogens with zero attached hydrogens (tertiary/aromatic N) is 5. The third kappa shape index (κ3) is 6.47. The fourth-order valence-corrected chi connectivity index (χ4v) is 8.47. The van der Waals surface area contributed by atoms with E-state index in [4.69, 9.17) is 31.5 Å². The van der Waals surface area contributed by atoms with Gasteiger partial charge in [-0.05, 0) is 59.6 Å². The second-order valence-electron chi connectivity index (χ2n) is 14.1. The van der Waals surface area contributed by atoms with Crippen molar-refractivity contribution in [3.8, 4) is 28.6 Å². The Bertz CT molecular complexity index is 2320. The molecule has 5 aromatic rings. The number of aromatic nitrogens is 3. The summed E-state index contributed by atoms with van der Waals surface area (Å²) < 4.78 is 109. The number of aryl methyl sites for hydroxylation is 1. The van der Waals surface area contributed by atoms with Gasteiger partial charge in [0.15, 0.2) is 11.6 Å². The van der Waals surface area contributed by atoms with Crippen LogP contribution in [0.4, 0.5) is 38.0 Å². The number of rotatable bonds is 9. The number of nitrogens with two attached hydrogens (primary N) is 1. The van der Waals surface area contributed by atoms with Gasteiger partial charge in [-0.15, -0.1) is 0 Å². The Labute approximate surface area is 315 Å². The highest BCUT2D eigenvalue weighted by atomic mass is 35.5. The lowest BCUT2D eigenvalue weighted by Gasteiger charge is -2.38. The second-order valence-corrected chi connectivity index (χ2v) is 14.5. The van der Waals surface area contributed by atoms with Gasteiger partial charge in [-0.25, -0.2) is 31.3 Å². The van der Waals surface area contributed by atoms with Crippen molar-refractivity contribution in [2.24, 2.45) is 0 Å². The number of ether oxygens (including phenoxy) is 3. The quantitative estimate of drug-likeness (QED) is 0.144. The maximum atomic E-state index is 17.6. The van der Waals surface area contributed by atoms with Crippen LogP contribution in [0.15, 0.2) is 42.6 Å². The van der Waals surface area contributed by atoms with Gasteiger partial charge in [0.25, 0.3) is 5.92 Å². The first-order chi connectivity index (χ1) is 26.3. The van der Waals surface area contributed by atoms with E-state index in [2.05, 4.69) is 15.0 Å². The smallest absolute Gasteiger partial charge is 0.319 e. The SMILES string of the molecule is CCc1c(F)ccc2cc(O)cc(-c3c(Cl)c4c5c(nc(OC[C@@H]6CC(F)(F)CN6C)nc5c3F)N([C@H](CC(F)F)c3cccnc3N)C3COCC3O4)c12. The number of phenols is 1. The van der Waals surface area contributed by atoms with E-state index in [1.165, 1.54) is 47.3 Å². The van der Waals surface area contributed by atoms with E-state index in [1.807, 2.05) is 0 Å². The molecule has 0 bridgehead atoms. The van der Waals surface area contributed by atoms with E-state index in [1.54, 1.807) is 19.1 Å². The lowest BCUT2D eigenvalue weighted by atomic mass is 9.91. The number of hydrogen-bond acceptors (Lipinski definition) is 10. The summed E-state index contributed by atoms with van der Waals surface area (Å²) >= 11 is 7.16. The van der Waals surface area contributed by atoms with Crippen LogP contribution in [-0.4, -0.2) is 88.9 Å². The van der Waals surface area contributed by atoms with Gasteiger partial charge in [0.2, 0.25) is 6.43 Å². The number of benzene rings is 3. The molecule has 0 radical (unpaired) electrons. The molecular weight excluding hydrogens is 754 g/mol. The fraction of sp³-hybridized carbons (Fsp3) is 0.395. The van der Waals surface area contributed by atoms with Gasteiger partial charge in [0, 0.05) is 36.2 Å². The van der Waals surface area contributed by atoms with Crippen molar-refractivity contribution in [3.63, 3.8) is 0 Å². The predicted molar refractivity (Wildman–Crippen MR) is 193 cm³/mol. The van der Waals surface area contributed by atoms with E-state index >= 15 is 8.78 Å². The van der Waals surface area contributed by atoms with Crippen molar-refractivity contribution >= 4 is 44.9 Å². The maximum absolute atomic E-state index is 17.6. The highest BCUT2D eigenvalue weighted by Crippen LogP contribution is 2.53. The third-order valence-electron chi connectivity index (χ3n) is 10.6. The summed E-state index contributed by atoms with van der Waals surface area (Å²) in [5.41, 5.74) is 6.08. The first kappa shape index (κ1) is 37.1. The number of hydrogen-bond donors (Lipinski definition) is 2. The van der Waals surface area contributed by atoms with Crippen LogP contribution >= 0.6 is 11.6 Å². The average molecular weight is 789 g/mol. The average Bonchev–Trinajstić information content (AvgIpc) is 3.66. The molecule has 3 N–H and O–H groups in total. The number of pyridine rings is 1. The van der Waals surface area contributed by atoms with Gasteiger partial charge in [0.1, 0.15) is 41.4 Å². The molecule has 2 unspecified atom stereocenters. The highest BCUT2D eigenvalue weighted by Gasteiger charge is 2.47. The highest BCUT2D eigenvalue weighted by molar-refractivity contribution is 6.37. The zero-order valence-electron chi connectivity index (χ0n) is 29.5. The van der Waals surface area contributed by atoms with E-state index in [9.17, 15) is 22.7 Å². The Kier molecular flexibility index (Phi) is 9.49. The van der Waals surface area contributed by atoms with Crippen molar-refractivity contribution in [2.75, 3.05) is 44.0 Å². The van der Waals surface area contributed by atoms with Crippen molar-refractivity contribution in [1.29, 1.82) is 0 Å². The predicted octanol–water partition coefficient (Wildman–Crippen LogP) is 7.71. The number of fused-ring (bicyclic) bond motifs is 2. The molecule has 2 saturated heterocycles. The molecule has 4 atom stereocenters. The molecule has 290 valence electrons. The number of aromatic hydroxyl groups is 1. The minimum atomic E-state index is -2.97. The number of phenolic OH excluding ortho intramolecular Hbond substituents is 1. The number of alkyl halides is 4. The van der Waals surface area contributed by atoms with Crippen molar-refractivity contribution in [1.82, 2.24) is 19.9 Å². The van der Waals surface area contributed by atoms with Crippen molar-refractivity contribution in [2.45, 2.75) is 62.8 Å². The van der Waals surface area contributed by atoms with Gasteiger partial charge in [0.05, 0.1) is 42.3 Å². The molecule has 0 aliphatic carbocycles. The Balaban J connectivity index is 1.42. The molecule has 3 aliphatic rings. The van der Waals surface area contributed by atoms with Crippen LogP contribution < -0.4 is 20.1 Å². The molecule has 55 heavy (non-hydrogen) atoms. The largest absolute Gasteiger partial charge is 0.508 e. The summed E-state index contributed by atoms with van der Waals surface area (Å²) in [5.74, 6) is -5.09. The van der Waals surface area contributed by atoms with Gasteiger partial charge in [-0.3, -0.25) is 4.90 Å². The normalized spacial score (nSPS) is 21.3. The summed E-state index contributed by atoms with van der Waals surface area (Å²) in [5, 5.41) is 11.1. The Hall–Kier alpha value is -4.80. The maximum Gasteiger partial charge on any atom is 0.319 e. The monoisotopic (exact) mass is 788 g/mol. The lowest BCUT2D eigenvalue weighted by molar-refractivity contribution is 0.0136. The summed E-state index contributed by atoms with van der Waals surface area (Å²) in [7, 11) is 1.52. The van der Waals surface area contributed by atoms with E-state index in [-0.39, 0.29) is 87.4 Å². The number of likely N-dealkylation sites (N-methyl/N-ethyl adjacent to an activating group) is 1. The topological polar surface area (TPSA) is 119 Å². The van der Waals surface area contributed by atoms with Crippen LogP contribution in [0.25, 0.3) is 32.8 Å². The van der Waals surface area contributed by atoms with Gasteiger partial charge >= 0.3 is 6.01 Å². The molecule has 2 fully saturated rings. The Morgan fingerprint density at radius 2 is 1.93 bits per heavy atom. The molecule has 17 heteroatoms. The first-order valence-electron chi connectivity index (χ1n) is 17.7.